The molecule has 3 rings (SSSR count). The fourth-order valence-corrected chi connectivity index (χ4v) is 3.56. The number of likely N-dealkylation sites (tertiary alicyclic amines) is 1. The number of nitrogens with zero attached hydrogens (tertiary/aromatic N) is 2. The molecule has 0 bridgehead atoms. The molecule has 0 spiro atoms. The molecule has 0 aliphatic carbocycles. The minimum atomic E-state index is -0.326. The molecule has 0 atom stereocenters. The number of imide groups is 1. The summed E-state index contributed by atoms with van der Waals surface area (Å²) in [6, 6.07) is 4.67. The van der Waals surface area contributed by atoms with E-state index < -0.39 is 0 Å². The molecule has 1 fully saturated rings. The van der Waals surface area contributed by atoms with Crippen LogP contribution in [0.1, 0.15) is 70.6 Å². The lowest BCUT2D eigenvalue weighted by molar-refractivity contribution is -0.129. The van der Waals surface area contributed by atoms with E-state index in [2.05, 4.69) is 5.32 Å². The first-order valence-electron chi connectivity index (χ1n) is 9.49. The molecular weight excluding hydrogens is 346 g/mol. The number of fused-ring (bicyclic) bond motifs is 1. The number of nitrogens with one attached hydrogen (secondary N) is 1. The van der Waals surface area contributed by atoms with Crippen molar-refractivity contribution < 1.29 is 19.2 Å². The Morgan fingerprint density at radius 1 is 1.11 bits per heavy atom. The van der Waals surface area contributed by atoms with Gasteiger partial charge in [0, 0.05) is 38.2 Å². The van der Waals surface area contributed by atoms with Gasteiger partial charge in [0.2, 0.25) is 5.91 Å². The molecule has 1 aromatic rings. The van der Waals surface area contributed by atoms with Crippen LogP contribution in [0.4, 0.5) is 0 Å². The molecule has 4 amide bonds. The molecule has 2 aliphatic heterocycles. The number of amides is 4. The van der Waals surface area contributed by atoms with Crippen molar-refractivity contribution in [3.05, 3.63) is 34.9 Å². The van der Waals surface area contributed by atoms with Crippen molar-refractivity contribution >= 4 is 23.6 Å². The first-order chi connectivity index (χ1) is 12.9. The Hall–Kier alpha value is -2.70. The van der Waals surface area contributed by atoms with Crippen LogP contribution in [0.25, 0.3) is 0 Å². The van der Waals surface area contributed by atoms with Gasteiger partial charge in [-0.15, -0.1) is 0 Å². The Labute approximate surface area is 158 Å². The zero-order valence-corrected chi connectivity index (χ0v) is 15.8. The molecule has 0 radical (unpaired) electrons. The highest BCUT2D eigenvalue weighted by atomic mass is 16.2. The Bertz CT molecular complexity index is 781. The van der Waals surface area contributed by atoms with E-state index >= 15 is 0 Å². The van der Waals surface area contributed by atoms with Crippen LogP contribution in [0.15, 0.2) is 18.2 Å². The molecule has 7 nitrogen and oxygen atoms in total. The molecule has 7 heteroatoms. The maximum Gasteiger partial charge on any atom is 0.261 e. The Morgan fingerprint density at radius 2 is 1.78 bits per heavy atom. The van der Waals surface area contributed by atoms with Crippen LogP contribution in [0.3, 0.4) is 0 Å². The van der Waals surface area contributed by atoms with Crippen LogP contribution in [0.5, 0.6) is 0 Å². The van der Waals surface area contributed by atoms with Crippen LogP contribution < -0.4 is 5.32 Å². The van der Waals surface area contributed by atoms with E-state index in [0.29, 0.717) is 49.2 Å². The van der Waals surface area contributed by atoms with Crippen molar-refractivity contribution in [2.24, 2.45) is 0 Å². The van der Waals surface area contributed by atoms with Crippen molar-refractivity contribution in [3.8, 4) is 0 Å². The molecule has 0 saturated carbocycles. The zero-order chi connectivity index (χ0) is 19.6. The normalized spacial score (nSPS) is 17.3. The molecule has 2 aliphatic rings. The van der Waals surface area contributed by atoms with Crippen molar-refractivity contribution in [1.82, 2.24) is 15.1 Å². The minimum absolute atomic E-state index is 0.000240. The maximum absolute atomic E-state index is 12.6. The number of piperidine rings is 1. The first kappa shape index (κ1) is 19.1. The summed E-state index contributed by atoms with van der Waals surface area (Å²) in [5.41, 5.74) is 1.04. The lowest BCUT2D eigenvalue weighted by atomic mass is 10.0. The predicted molar refractivity (Wildman–Crippen MR) is 99.5 cm³/mol. The van der Waals surface area contributed by atoms with Crippen LogP contribution in [-0.4, -0.2) is 59.1 Å². The van der Waals surface area contributed by atoms with Crippen molar-refractivity contribution in [2.45, 2.75) is 45.6 Å². The molecule has 2 heterocycles. The van der Waals surface area contributed by atoms with Crippen LogP contribution in [-0.2, 0) is 4.79 Å². The van der Waals surface area contributed by atoms with Crippen LogP contribution in [0.2, 0.25) is 0 Å². The Balaban J connectivity index is 1.67. The fourth-order valence-electron chi connectivity index (χ4n) is 3.56. The molecule has 1 saturated heterocycles. The van der Waals surface area contributed by atoms with E-state index in [-0.39, 0.29) is 29.7 Å². The van der Waals surface area contributed by atoms with Crippen molar-refractivity contribution in [2.75, 3.05) is 19.6 Å². The number of unbranched alkanes of at least 4 members (excludes halogenated alkanes) is 1. The third-order valence-electron chi connectivity index (χ3n) is 5.24. The fraction of sp³-hybridized carbons (Fsp3) is 0.500. The molecule has 0 aromatic heterocycles. The van der Waals surface area contributed by atoms with Gasteiger partial charge in [-0.1, -0.05) is 13.3 Å². The van der Waals surface area contributed by atoms with Gasteiger partial charge in [-0.3, -0.25) is 24.1 Å². The number of rotatable bonds is 5. The summed E-state index contributed by atoms with van der Waals surface area (Å²) >= 11 is 0. The third-order valence-corrected chi connectivity index (χ3v) is 5.24. The topological polar surface area (TPSA) is 86.8 Å². The molecule has 0 unspecified atom stereocenters. The summed E-state index contributed by atoms with van der Waals surface area (Å²) in [4.78, 5) is 51.9. The molecule has 1 N–H and O–H groups in total. The second kappa shape index (κ2) is 7.90. The van der Waals surface area contributed by atoms with Gasteiger partial charge in [0.1, 0.15) is 0 Å². The van der Waals surface area contributed by atoms with E-state index in [0.717, 1.165) is 12.8 Å². The average Bonchev–Trinajstić information content (AvgIpc) is 2.90. The van der Waals surface area contributed by atoms with Gasteiger partial charge in [-0.2, -0.15) is 0 Å². The second-order valence-electron chi connectivity index (χ2n) is 7.13. The largest absolute Gasteiger partial charge is 0.349 e. The van der Waals surface area contributed by atoms with Gasteiger partial charge in [0.05, 0.1) is 11.1 Å². The Kier molecular flexibility index (Phi) is 5.58. The second-order valence-corrected chi connectivity index (χ2v) is 7.13. The van der Waals surface area contributed by atoms with E-state index in [1.165, 1.54) is 11.0 Å². The number of carbonyl (C=O) groups is 4. The molecule has 1 aromatic carbocycles. The SMILES string of the molecule is CCCCN1C(=O)c2ccc(C(=O)NC3CCN(C(C)=O)CC3)cc2C1=O. The summed E-state index contributed by atoms with van der Waals surface area (Å²) in [5, 5.41) is 2.97. The maximum atomic E-state index is 12.6. The van der Waals surface area contributed by atoms with E-state index in [1.54, 1.807) is 24.0 Å². The number of hydrogen-bond donors (Lipinski definition) is 1. The van der Waals surface area contributed by atoms with Gasteiger partial charge in [-0.05, 0) is 37.5 Å². The minimum Gasteiger partial charge on any atom is -0.349 e. The van der Waals surface area contributed by atoms with E-state index in [4.69, 9.17) is 0 Å². The standard InChI is InChI=1S/C20H25N3O4/c1-3-4-9-23-19(26)16-6-5-14(12-17(16)20(23)27)18(25)21-15-7-10-22(11-8-15)13(2)24/h5-6,12,15H,3-4,7-11H2,1-2H3,(H,21,25). The average molecular weight is 371 g/mol. The first-order valence-corrected chi connectivity index (χ1v) is 9.49. The highest BCUT2D eigenvalue weighted by Gasteiger charge is 2.35. The van der Waals surface area contributed by atoms with E-state index in [1.807, 2.05) is 6.92 Å². The summed E-state index contributed by atoms with van der Waals surface area (Å²) in [7, 11) is 0. The smallest absolute Gasteiger partial charge is 0.261 e. The monoisotopic (exact) mass is 371 g/mol. The van der Waals surface area contributed by atoms with Gasteiger partial charge >= 0.3 is 0 Å². The zero-order valence-electron chi connectivity index (χ0n) is 15.8. The van der Waals surface area contributed by atoms with Crippen molar-refractivity contribution in [1.29, 1.82) is 0 Å². The third kappa shape index (κ3) is 3.86. The summed E-state index contributed by atoms with van der Waals surface area (Å²) in [5.74, 6) is -0.819. The van der Waals surface area contributed by atoms with Crippen LogP contribution >= 0.6 is 0 Å². The predicted octanol–water partition coefficient (Wildman–Crippen LogP) is 1.82. The highest BCUT2D eigenvalue weighted by molar-refractivity contribution is 6.22. The number of benzene rings is 1. The van der Waals surface area contributed by atoms with Crippen LogP contribution in [0, 0.1) is 0 Å². The Morgan fingerprint density at radius 3 is 2.41 bits per heavy atom. The lowest BCUT2D eigenvalue weighted by Crippen LogP contribution is -2.46. The summed E-state index contributed by atoms with van der Waals surface area (Å²) < 4.78 is 0. The quantitative estimate of drug-likeness (QED) is 0.800. The van der Waals surface area contributed by atoms with Gasteiger partial charge < -0.3 is 10.2 Å². The summed E-state index contributed by atoms with van der Waals surface area (Å²) in [6.45, 7) is 5.21. The lowest BCUT2D eigenvalue weighted by Gasteiger charge is -2.31. The number of hydrogen-bond acceptors (Lipinski definition) is 4. The number of carbonyl (C=O) groups excluding carboxylic acids is 4. The van der Waals surface area contributed by atoms with Gasteiger partial charge in [0.25, 0.3) is 17.7 Å². The van der Waals surface area contributed by atoms with Crippen molar-refractivity contribution in [3.63, 3.8) is 0 Å². The molecule has 144 valence electrons. The molecular formula is C20H25N3O4. The molecule has 27 heavy (non-hydrogen) atoms. The highest BCUT2D eigenvalue weighted by Crippen LogP contribution is 2.24. The van der Waals surface area contributed by atoms with Gasteiger partial charge in [0.15, 0.2) is 0 Å². The van der Waals surface area contributed by atoms with Gasteiger partial charge in [-0.25, -0.2) is 0 Å². The summed E-state index contributed by atoms with van der Waals surface area (Å²) in [6.07, 6.45) is 3.07. The van der Waals surface area contributed by atoms with E-state index in [9.17, 15) is 19.2 Å².